The molecule has 11 nitrogen and oxygen atoms in total. The maximum absolute atomic E-state index is 12.8. The van der Waals surface area contributed by atoms with Crippen molar-refractivity contribution in [3.8, 4) is 0 Å². The Kier molecular flexibility index (Phi) is 8.00. The molecule has 0 radical (unpaired) electrons. The lowest BCUT2D eigenvalue weighted by Crippen LogP contribution is -2.42. The minimum absolute atomic E-state index is 0.111. The molecule has 0 bridgehead atoms. The monoisotopic (exact) mass is 450 g/mol. The van der Waals surface area contributed by atoms with Gasteiger partial charge in [-0.05, 0) is 41.3 Å². The number of likely N-dealkylation sites (N-methyl/N-ethyl adjacent to an activating group) is 1. The fraction of sp³-hybridized carbons (Fsp3) is 0.667. The summed E-state index contributed by atoms with van der Waals surface area (Å²) in [7, 11) is 6.77. The van der Waals surface area contributed by atoms with Gasteiger partial charge < -0.3 is 19.1 Å². The molecular formula is C21H34N6O5. The molecule has 0 unspecified atom stereocenters. The number of imidazole rings is 1. The topological polar surface area (TPSA) is 112 Å². The number of esters is 1. The molecule has 0 aliphatic carbocycles. The van der Waals surface area contributed by atoms with Crippen LogP contribution in [0.25, 0.3) is 11.2 Å². The van der Waals surface area contributed by atoms with Crippen molar-refractivity contribution in [3.63, 3.8) is 0 Å². The van der Waals surface area contributed by atoms with Crippen LogP contribution in [0, 0.1) is 0 Å². The van der Waals surface area contributed by atoms with Crippen molar-refractivity contribution >= 4 is 23.0 Å². The van der Waals surface area contributed by atoms with E-state index in [4.69, 9.17) is 4.74 Å². The average Bonchev–Trinajstić information content (AvgIpc) is 3.10. The maximum Gasteiger partial charge on any atom is 0.332 e. The van der Waals surface area contributed by atoms with E-state index in [-0.39, 0.29) is 18.9 Å². The van der Waals surface area contributed by atoms with Crippen molar-refractivity contribution in [2.24, 2.45) is 14.1 Å². The van der Waals surface area contributed by atoms with E-state index >= 15 is 0 Å². The van der Waals surface area contributed by atoms with Gasteiger partial charge in [0.15, 0.2) is 11.2 Å². The van der Waals surface area contributed by atoms with Crippen LogP contribution in [0.4, 0.5) is 0 Å². The van der Waals surface area contributed by atoms with Gasteiger partial charge >= 0.3 is 11.7 Å². The van der Waals surface area contributed by atoms with E-state index < -0.39 is 22.8 Å². The van der Waals surface area contributed by atoms with E-state index in [1.165, 1.54) is 22.8 Å². The Bertz CT molecular complexity index is 1090. The van der Waals surface area contributed by atoms with Gasteiger partial charge in [-0.1, -0.05) is 0 Å². The van der Waals surface area contributed by atoms with E-state index in [1.54, 1.807) is 32.4 Å². The summed E-state index contributed by atoms with van der Waals surface area (Å²) in [5.74, 6) is -0.614. The highest BCUT2D eigenvalue weighted by molar-refractivity contribution is 5.82. The van der Waals surface area contributed by atoms with Gasteiger partial charge in [0.2, 0.25) is 5.91 Å². The number of fused-ring (bicyclic) bond motifs is 1. The Morgan fingerprint density at radius 1 is 1.09 bits per heavy atom. The maximum atomic E-state index is 12.8. The summed E-state index contributed by atoms with van der Waals surface area (Å²) >= 11 is 0. The van der Waals surface area contributed by atoms with Crippen LogP contribution in [-0.2, 0) is 35.0 Å². The van der Waals surface area contributed by atoms with Crippen LogP contribution in [0.15, 0.2) is 15.9 Å². The highest BCUT2D eigenvalue weighted by Crippen LogP contribution is 2.10. The Labute approximate surface area is 187 Å². The molecule has 0 saturated heterocycles. The second-order valence-electron chi connectivity index (χ2n) is 9.12. The van der Waals surface area contributed by atoms with Crippen molar-refractivity contribution in [2.45, 2.75) is 45.8 Å². The summed E-state index contributed by atoms with van der Waals surface area (Å²) in [6.07, 6.45) is 2.14. The largest absolute Gasteiger partial charge is 0.459 e. The number of aryl methyl sites for hydroxylation is 2. The Balaban J connectivity index is 2.08. The number of carbonyl (C=O) groups excluding carboxylic acids is 2. The molecule has 0 aliphatic rings. The van der Waals surface area contributed by atoms with Crippen LogP contribution in [0.2, 0.25) is 0 Å². The summed E-state index contributed by atoms with van der Waals surface area (Å²) < 4.78 is 9.37. The molecule has 0 aromatic carbocycles. The number of ether oxygens (including phenoxy) is 1. The molecule has 2 aromatic heterocycles. The zero-order valence-corrected chi connectivity index (χ0v) is 20.0. The number of hydrogen-bond acceptors (Lipinski definition) is 7. The zero-order valence-electron chi connectivity index (χ0n) is 20.0. The molecule has 2 heterocycles. The first-order chi connectivity index (χ1) is 14.8. The Morgan fingerprint density at radius 2 is 1.75 bits per heavy atom. The predicted octanol–water partition coefficient (Wildman–Crippen LogP) is -0.0542. The summed E-state index contributed by atoms with van der Waals surface area (Å²) in [6.45, 7) is 6.64. The molecule has 0 N–H and O–H groups in total. The van der Waals surface area contributed by atoms with Gasteiger partial charge in [-0.15, -0.1) is 0 Å². The normalized spacial score (nSPS) is 11.9. The van der Waals surface area contributed by atoms with Gasteiger partial charge in [0.05, 0.1) is 6.33 Å². The first-order valence-corrected chi connectivity index (χ1v) is 10.6. The van der Waals surface area contributed by atoms with Gasteiger partial charge in [-0.25, -0.2) is 9.78 Å². The van der Waals surface area contributed by atoms with E-state index in [2.05, 4.69) is 4.98 Å². The minimum Gasteiger partial charge on any atom is -0.459 e. The van der Waals surface area contributed by atoms with E-state index in [0.717, 1.165) is 4.57 Å². The molecule has 11 heteroatoms. The molecule has 1 amide bonds. The second kappa shape index (κ2) is 10.1. The minimum atomic E-state index is -0.623. The average molecular weight is 451 g/mol. The third-order valence-electron chi connectivity index (χ3n) is 4.92. The fourth-order valence-electron chi connectivity index (χ4n) is 3.27. The van der Waals surface area contributed by atoms with Crippen LogP contribution in [-0.4, -0.2) is 79.7 Å². The number of nitrogens with zero attached hydrogens (tertiary/aromatic N) is 6. The first-order valence-electron chi connectivity index (χ1n) is 10.6. The molecule has 2 rings (SSSR count). The summed E-state index contributed by atoms with van der Waals surface area (Å²) in [5, 5.41) is 0. The second-order valence-corrected chi connectivity index (χ2v) is 9.12. The summed E-state index contributed by atoms with van der Waals surface area (Å²) in [5.41, 5.74) is -0.865. The number of amides is 1. The van der Waals surface area contributed by atoms with Crippen LogP contribution in [0.3, 0.4) is 0 Å². The molecule has 2 aromatic rings. The smallest absolute Gasteiger partial charge is 0.332 e. The lowest BCUT2D eigenvalue weighted by molar-refractivity contribution is -0.159. The van der Waals surface area contributed by atoms with Gasteiger partial charge in [0.25, 0.3) is 5.56 Å². The van der Waals surface area contributed by atoms with Crippen molar-refractivity contribution in [3.05, 3.63) is 27.2 Å². The number of carbonyl (C=O) groups is 2. The van der Waals surface area contributed by atoms with Gasteiger partial charge in [-0.3, -0.25) is 23.5 Å². The first kappa shape index (κ1) is 25.3. The third kappa shape index (κ3) is 6.28. The van der Waals surface area contributed by atoms with Crippen LogP contribution >= 0.6 is 0 Å². The number of aromatic nitrogens is 4. The molecule has 0 saturated carbocycles. The van der Waals surface area contributed by atoms with Crippen molar-refractivity contribution in [1.82, 2.24) is 28.5 Å². The summed E-state index contributed by atoms with van der Waals surface area (Å²) in [6, 6.07) is 0. The van der Waals surface area contributed by atoms with Gasteiger partial charge in [0, 0.05) is 40.2 Å². The van der Waals surface area contributed by atoms with Crippen molar-refractivity contribution in [1.29, 1.82) is 0 Å². The highest BCUT2D eigenvalue weighted by Gasteiger charge is 2.22. The van der Waals surface area contributed by atoms with Gasteiger partial charge in [0.1, 0.15) is 12.1 Å². The van der Waals surface area contributed by atoms with Crippen molar-refractivity contribution in [2.75, 3.05) is 33.7 Å². The molecular weight excluding hydrogens is 416 g/mol. The molecule has 0 atom stereocenters. The molecule has 32 heavy (non-hydrogen) atoms. The van der Waals surface area contributed by atoms with Crippen LogP contribution in [0.1, 0.15) is 33.6 Å². The fourth-order valence-corrected chi connectivity index (χ4v) is 3.27. The van der Waals surface area contributed by atoms with Crippen LogP contribution in [0.5, 0.6) is 0 Å². The predicted molar refractivity (Wildman–Crippen MR) is 120 cm³/mol. The summed E-state index contributed by atoms with van der Waals surface area (Å²) in [4.78, 5) is 57.3. The lowest BCUT2D eigenvalue weighted by atomic mass is 10.2. The molecule has 0 spiro atoms. The van der Waals surface area contributed by atoms with Gasteiger partial charge in [-0.2, -0.15) is 0 Å². The highest BCUT2D eigenvalue weighted by atomic mass is 16.6. The van der Waals surface area contributed by atoms with E-state index in [1.807, 2.05) is 19.0 Å². The van der Waals surface area contributed by atoms with Crippen LogP contribution < -0.4 is 11.2 Å². The zero-order chi connectivity index (χ0) is 24.2. The standard InChI is InChI=1S/C21H34N6O5/c1-21(2,3)32-16(29)13-26(12-11-23(4)5)15(28)9-8-10-27-14-22-18-17(27)19(30)25(7)20(31)24(18)6/h14H,8-13H2,1-7H3. The van der Waals surface area contributed by atoms with E-state index in [0.29, 0.717) is 37.2 Å². The van der Waals surface area contributed by atoms with E-state index in [9.17, 15) is 19.2 Å². The van der Waals surface area contributed by atoms with Crippen molar-refractivity contribution < 1.29 is 14.3 Å². The Morgan fingerprint density at radius 3 is 2.34 bits per heavy atom. The third-order valence-corrected chi connectivity index (χ3v) is 4.92. The Hall–Kier alpha value is -2.95. The lowest BCUT2D eigenvalue weighted by Gasteiger charge is -2.26. The number of hydrogen-bond donors (Lipinski definition) is 0. The molecule has 178 valence electrons. The quantitative estimate of drug-likeness (QED) is 0.492. The molecule has 0 fully saturated rings. The number of rotatable bonds is 9. The molecule has 0 aliphatic heterocycles. The SMILES string of the molecule is CN(C)CCN(CC(=O)OC(C)(C)C)C(=O)CCCn1cnc2c1c(=O)n(C)c(=O)n2C.